The normalized spacial score (nSPS) is 10.0. The molecule has 0 spiro atoms. The Labute approximate surface area is 82.8 Å². The standard InChI is InChI=1S/C12H11NO/c14-9-6-11-4-3-5-12(10-11)13-7-1-2-8-13/h1-5,7-10H,6H2. The molecule has 2 aromatic rings. The van der Waals surface area contributed by atoms with Gasteiger partial charge in [0.1, 0.15) is 6.29 Å². The Morgan fingerprint density at radius 3 is 2.64 bits per heavy atom. The summed E-state index contributed by atoms with van der Waals surface area (Å²) in [7, 11) is 0. The highest BCUT2D eigenvalue weighted by Gasteiger charge is 1.96. The van der Waals surface area contributed by atoms with Gasteiger partial charge in [-0.1, -0.05) is 12.1 Å². The summed E-state index contributed by atoms with van der Waals surface area (Å²) < 4.78 is 2.02. The summed E-state index contributed by atoms with van der Waals surface area (Å²) in [5.74, 6) is 0. The Balaban J connectivity index is 2.35. The number of carbonyl (C=O) groups is 1. The van der Waals surface area contributed by atoms with Crippen molar-refractivity contribution in [1.82, 2.24) is 4.57 Å². The van der Waals surface area contributed by atoms with E-state index in [4.69, 9.17) is 0 Å². The third-order valence-corrected chi connectivity index (χ3v) is 2.13. The van der Waals surface area contributed by atoms with Gasteiger partial charge < -0.3 is 9.36 Å². The van der Waals surface area contributed by atoms with E-state index in [0.29, 0.717) is 6.42 Å². The molecule has 0 atom stereocenters. The summed E-state index contributed by atoms with van der Waals surface area (Å²) in [5, 5.41) is 0. The first-order valence-corrected chi connectivity index (χ1v) is 4.56. The minimum atomic E-state index is 0.481. The van der Waals surface area contributed by atoms with Gasteiger partial charge >= 0.3 is 0 Å². The van der Waals surface area contributed by atoms with Crippen LogP contribution in [0.2, 0.25) is 0 Å². The van der Waals surface area contributed by atoms with Crippen LogP contribution in [0.1, 0.15) is 5.56 Å². The predicted octanol–water partition coefficient (Wildman–Crippen LogP) is 2.22. The Morgan fingerprint density at radius 2 is 1.93 bits per heavy atom. The summed E-state index contributed by atoms with van der Waals surface area (Å²) in [5.41, 5.74) is 2.14. The van der Waals surface area contributed by atoms with Gasteiger partial charge in [0.15, 0.2) is 0 Å². The summed E-state index contributed by atoms with van der Waals surface area (Å²) in [6.07, 6.45) is 5.38. The Bertz CT molecular complexity index is 418. The molecule has 0 aliphatic heterocycles. The van der Waals surface area contributed by atoms with Crippen LogP contribution < -0.4 is 0 Å². The summed E-state index contributed by atoms with van der Waals surface area (Å²) in [6, 6.07) is 11.9. The molecule has 1 heterocycles. The minimum absolute atomic E-state index is 0.481. The zero-order valence-corrected chi connectivity index (χ0v) is 7.76. The van der Waals surface area contributed by atoms with Crippen molar-refractivity contribution in [3.8, 4) is 5.69 Å². The molecule has 0 amide bonds. The van der Waals surface area contributed by atoms with E-state index in [-0.39, 0.29) is 0 Å². The Morgan fingerprint density at radius 1 is 1.14 bits per heavy atom. The molecule has 0 unspecified atom stereocenters. The fourth-order valence-corrected chi connectivity index (χ4v) is 1.45. The van der Waals surface area contributed by atoms with Crippen LogP contribution >= 0.6 is 0 Å². The Hall–Kier alpha value is -1.83. The van der Waals surface area contributed by atoms with Gasteiger partial charge in [-0.3, -0.25) is 0 Å². The molecule has 0 N–H and O–H groups in total. The molecule has 14 heavy (non-hydrogen) atoms. The number of aldehydes is 1. The highest BCUT2D eigenvalue weighted by molar-refractivity contribution is 5.56. The zero-order valence-electron chi connectivity index (χ0n) is 7.76. The van der Waals surface area contributed by atoms with E-state index in [1.54, 1.807) is 0 Å². The van der Waals surface area contributed by atoms with Gasteiger partial charge in [-0.05, 0) is 29.8 Å². The first kappa shape index (κ1) is 8.75. The first-order valence-electron chi connectivity index (χ1n) is 4.56. The van der Waals surface area contributed by atoms with Crippen molar-refractivity contribution in [1.29, 1.82) is 0 Å². The monoisotopic (exact) mass is 185 g/mol. The predicted molar refractivity (Wildman–Crippen MR) is 55.5 cm³/mol. The van der Waals surface area contributed by atoms with Gasteiger partial charge in [0.05, 0.1) is 0 Å². The van der Waals surface area contributed by atoms with Crippen molar-refractivity contribution in [2.24, 2.45) is 0 Å². The summed E-state index contributed by atoms with van der Waals surface area (Å²) >= 11 is 0. The smallest absolute Gasteiger partial charge is 0.124 e. The van der Waals surface area contributed by atoms with Crippen molar-refractivity contribution in [2.75, 3.05) is 0 Å². The van der Waals surface area contributed by atoms with Crippen LogP contribution in [0.4, 0.5) is 0 Å². The van der Waals surface area contributed by atoms with Crippen LogP contribution in [0.3, 0.4) is 0 Å². The maximum absolute atomic E-state index is 10.4. The Kier molecular flexibility index (Phi) is 2.45. The maximum Gasteiger partial charge on any atom is 0.124 e. The molecule has 2 heteroatoms. The van der Waals surface area contributed by atoms with Gasteiger partial charge in [-0.2, -0.15) is 0 Å². The lowest BCUT2D eigenvalue weighted by Crippen LogP contribution is -1.92. The van der Waals surface area contributed by atoms with Crippen LogP contribution in [-0.4, -0.2) is 10.9 Å². The molecule has 0 saturated carbocycles. The quantitative estimate of drug-likeness (QED) is 0.672. The van der Waals surface area contributed by atoms with Crippen LogP contribution in [0.5, 0.6) is 0 Å². The molecule has 0 bridgehead atoms. The average molecular weight is 185 g/mol. The van der Waals surface area contributed by atoms with Crippen molar-refractivity contribution in [3.05, 3.63) is 54.4 Å². The van der Waals surface area contributed by atoms with Crippen molar-refractivity contribution >= 4 is 6.29 Å². The SMILES string of the molecule is O=CCc1cccc(-n2cccc2)c1. The van der Waals surface area contributed by atoms with Gasteiger partial charge in [0.25, 0.3) is 0 Å². The van der Waals surface area contributed by atoms with E-state index in [0.717, 1.165) is 17.5 Å². The topological polar surface area (TPSA) is 22.0 Å². The second-order valence-corrected chi connectivity index (χ2v) is 3.13. The lowest BCUT2D eigenvalue weighted by molar-refractivity contribution is -0.107. The number of nitrogens with zero attached hydrogens (tertiary/aromatic N) is 1. The second kappa shape index (κ2) is 3.92. The lowest BCUT2D eigenvalue weighted by atomic mass is 10.1. The molecule has 0 radical (unpaired) electrons. The highest BCUT2D eigenvalue weighted by Crippen LogP contribution is 2.10. The average Bonchev–Trinajstić information content (AvgIpc) is 2.71. The number of aromatic nitrogens is 1. The largest absolute Gasteiger partial charge is 0.324 e. The zero-order chi connectivity index (χ0) is 9.80. The van der Waals surface area contributed by atoms with E-state index < -0.39 is 0 Å². The lowest BCUT2D eigenvalue weighted by Gasteiger charge is -2.03. The molecule has 1 aromatic heterocycles. The molecule has 1 aromatic carbocycles. The maximum atomic E-state index is 10.4. The molecule has 70 valence electrons. The minimum Gasteiger partial charge on any atom is -0.324 e. The molecule has 2 rings (SSSR count). The number of benzene rings is 1. The molecule has 0 fully saturated rings. The van der Waals surface area contributed by atoms with E-state index >= 15 is 0 Å². The van der Waals surface area contributed by atoms with Gasteiger partial charge in [-0.25, -0.2) is 0 Å². The van der Waals surface area contributed by atoms with E-state index in [9.17, 15) is 4.79 Å². The fourth-order valence-electron chi connectivity index (χ4n) is 1.45. The molecule has 0 saturated heterocycles. The second-order valence-electron chi connectivity index (χ2n) is 3.13. The van der Waals surface area contributed by atoms with Crippen LogP contribution in [0.15, 0.2) is 48.8 Å². The fraction of sp³-hybridized carbons (Fsp3) is 0.0833. The van der Waals surface area contributed by atoms with E-state index in [1.807, 2.05) is 53.4 Å². The molecular weight excluding hydrogens is 174 g/mol. The summed E-state index contributed by atoms with van der Waals surface area (Å²) in [6.45, 7) is 0. The number of hydrogen-bond donors (Lipinski definition) is 0. The molecular formula is C12H11NO. The van der Waals surface area contributed by atoms with Crippen molar-refractivity contribution in [2.45, 2.75) is 6.42 Å². The molecule has 0 aliphatic carbocycles. The highest BCUT2D eigenvalue weighted by atomic mass is 16.1. The van der Waals surface area contributed by atoms with Crippen LogP contribution in [0.25, 0.3) is 5.69 Å². The van der Waals surface area contributed by atoms with E-state index in [2.05, 4.69) is 0 Å². The van der Waals surface area contributed by atoms with Crippen LogP contribution in [0, 0.1) is 0 Å². The number of hydrogen-bond acceptors (Lipinski definition) is 1. The summed E-state index contributed by atoms with van der Waals surface area (Å²) in [4.78, 5) is 10.4. The number of rotatable bonds is 3. The van der Waals surface area contributed by atoms with E-state index in [1.165, 1.54) is 0 Å². The van der Waals surface area contributed by atoms with Crippen molar-refractivity contribution in [3.63, 3.8) is 0 Å². The first-order chi connectivity index (χ1) is 6.90. The molecule has 0 aliphatic rings. The molecule has 2 nitrogen and oxygen atoms in total. The van der Waals surface area contributed by atoms with Crippen LogP contribution in [-0.2, 0) is 11.2 Å². The third-order valence-electron chi connectivity index (χ3n) is 2.13. The van der Waals surface area contributed by atoms with Gasteiger partial charge in [0, 0.05) is 24.5 Å². The van der Waals surface area contributed by atoms with Crippen molar-refractivity contribution < 1.29 is 4.79 Å². The third kappa shape index (κ3) is 1.74. The van der Waals surface area contributed by atoms with Gasteiger partial charge in [0.2, 0.25) is 0 Å². The number of carbonyl (C=O) groups excluding carboxylic acids is 1. The van der Waals surface area contributed by atoms with Gasteiger partial charge in [-0.15, -0.1) is 0 Å².